The van der Waals surface area contributed by atoms with Gasteiger partial charge >= 0.3 is 0 Å². The van der Waals surface area contributed by atoms with Crippen molar-refractivity contribution in [2.24, 2.45) is 0 Å². The lowest BCUT2D eigenvalue weighted by atomic mass is 10.0. The Hall–Kier alpha value is -1.22. The highest BCUT2D eigenvalue weighted by Crippen LogP contribution is 2.39. The van der Waals surface area contributed by atoms with Crippen LogP contribution in [0.1, 0.15) is 43.0 Å². The van der Waals surface area contributed by atoms with E-state index in [0.29, 0.717) is 30.0 Å². The zero-order valence-corrected chi connectivity index (χ0v) is 12.5. The number of carbonyl (C=O) groups excluding carboxylic acids is 1. The lowest BCUT2D eigenvalue weighted by molar-refractivity contribution is 0.0595. The SMILES string of the molecule is CCOc1ccccc1C(=O)N1C2CCC1CC(Cl)C2. The maximum atomic E-state index is 12.9. The number of hydrogen-bond acceptors (Lipinski definition) is 2. The number of hydrogen-bond donors (Lipinski definition) is 0. The third-order valence-corrected chi connectivity index (χ3v) is 4.68. The van der Waals surface area contributed by atoms with E-state index in [4.69, 9.17) is 16.3 Å². The minimum Gasteiger partial charge on any atom is -0.493 e. The Balaban J connectivity index is 1.86. The summed E-state index contributed by atoms with van der Waals surface area (Å²) in [5, 5.41) is 0.221. The molecule has 2 aliphatic heterocycles. The van der Waals surface area contributed by atoms with Crippen LogP contribution in [0.15, 0.2) is 24.3 Å². The Kier molecular flexibility index (Phi) is 3.88. The van der Waals surface area contributed by atoms with Crippen molar-refractivity contribution in [3.8, 4) is 5.75 Å². The van der Waals surface area contributed by atoms with Crippen molar-refractivity contribution >= 4 is 17.5 Å². The number of fused-ring (bicyclic) bond motifs is 2. The van der Waals surface area contributed by atoms with E-state index >= 15 is 0 Å². The second-order valence-electron chi connectivity index (χ2n) is 5.60. The highest BCUT2D eigenvalue weighted by molar-refractivity contribution is 6.20. The highest BCUT2D eigenvalue weighted by Gasteiger charge is 2.43. The second kappa shape index (κ2) is 5.65. The Morgan fingerprint density at radius 2 is 1.95 bits per heavy atom. The number of benzene rings is 1. The van der Waals surface area contributed by atoms with Crippen molar-refractivity contribution in [2.45, 2.75) is 50.1 Å². The molecule has 3 nitrogen and oxygen atoms in total. The quantitative estimate of drug-likeness (QED) is 0.799. The van der Waals surface area contributed by atoms with Gasteiger partial charge in [-0.25, -0.2) is 0 Å². The van der Waals surface area contributed by atoms with E-state index in [2.05, 4.69) is 4.90 Å². The Labute approximate surface area is 124 Å². The van der Waals surface area contributed by atoms with E-state index in [1.54, 1.807) is 0 Å². The van der Waals surface area contributed by atoms with Gasteiger partial charge in [-0.2, -0.15) is 0 Å². The molecule has 2 unspecified atom stereocenters. The van der Waals surface area contributed by atoms with Crippen molar-refractivity contribution in [1.82, 2.24) is 4.90 Å². The van der Waals surface area contributed by atoms with Gasteiger partial charge in [-0.3, -0.25) is 4.79 Å². The molecule has 1 amide bonds. The van der Waals surface area contributed by atoms with Crippen LogP contribution in [0.5, 0.6) is 5.75 Å². The van der Waals surface area contributed by atoms with Crippen molar-refractivity contribution in [1.29, 1.82) is 0 Å². The van der Waals surface area contributed by atoms with Gasteiger partial charge in [-0.1, -0.05) is 12.1 Å². The van der Waals surface area contributed by atoms with Crippen LogP contribution in [0.3, 0.4) is 0 Å². The molecule has 2 fully saturated rings. The van der Waals surface area contributed by atoms with Crippen LogP contribution in [-0.4, -0.2) is 34.9 Å². The van der Waals surface area contributed by atoms with E-state index in [0.717, 1.165) is 25.7 Å². The van der Waals surface area contributed by atoms with E-state index in [9.17, 15) is 4.79 Å². The van der Waals surface area contributed by atoms with E-state index in [1.807, 2.05) is 31.2 Å². The maximum Gasteiger partial charge on any atom is 0.258 e. The monoisotopic (exact) mass is 293 g/mol. The number of halogens is 1. The summed E-state index contributed by atoms with van der Waals surface area (Å²) < 4.78 is 5.59. The fourth-order valence-electron chi connectivity index (χ4n) is 3.51. The number of rotatable bonds is 3. The van der Waals surface area contributed by atoms with Gasteiger partial charge in [-0.05, 0) is 44.7 Å². The van der Waals surface area contributed by atoms with Gasteiger partial charge in [0.25, 0.3) is 5.91 Å². The molecule has 1 aromatic carbocycles. The molecule has 0 radical (unpaired) electrons. The molecule has 1 aromatic rings. The lowest BCUT2D eigenvalue weighted by Gasteiger charge is -2.37. The fraction of sp³-hybridized carbons (Fsp3) is 0.562. The first-order valence-corrected chi connectivity index (χ1v) is 7.83. The molecule has 0 spiro atoms. The number of amides is 1. The standard InChI is InChI=1S/C16H20ClNO2/c1-2-20-15-6-4-3-5-14(15)16(19)18-12-7-8-13(18)10-11(17)9-12/h3-6,11-13H,2,7-10H2,1H3. The zero-order valence-electron chi connectivity index (χ0n) is 11.7. The van der Waals surface area contributed by atoms with Gasteiger partial charge in [-0.15, -0.1) is 11.6 Å². The third-order valence-electron chi connectivity index (χ3n) is 4.33. The summed E-state index contributed by atoms with van der Waals surface area (Å²) in [5.74, 6) is 0.789. The van der Waals surface area contributed by atoms with Crippen molar-refractivity contribution in [3.63, 3.8) is 0 Å². The Bertz CT molecular complexity index is 491. The van der Waals surface area contributed by atoms with Gasteiger partial charge in [0.15, 0.2) is 0 Å². The first kappa shape index (κ1) is 13.7. The van der Waals surface area contributed by atoms with Crippen LogP contribution in [0, 0.1) is 0 Å². The van der Waals surface area contributed by atoms with Crippen LogP contribution in [0.25, 0.3) is 0 Å². The Morgan fingerprint density at radius 1 is 1.30 bits per heavy atom. The summed E-state index contributed by atoms with van der Waals surface area (Å²) in [4.78, 5) is 14.9. The topological polar surface area (TPSA) is 29.5 Å². The summed E-state index contributed by atoms with van der Waals surface area (Å²) in [5.41, 5.74) is 0.680. The van der Waals surface area contributed by atoms with Crippen LogP contribution >= 0.6 is 11.6 Å². The molecule has 0 aliphatic carbocycles. The molecule has 4 heteroatoms. The summed E-state index contributed by atoms with van der Waals surface area (Å²) in [6.07, 6.45) is 3.99. The minimum atomic E-state index is 0.102. The highest BCUT2D eigenvalue weighted by atomic mass is 35.5. The molecule has 20 heavy (non-hydrogen) atoms. The van der Waals surface area contributed by atoms with Crippen LogP contribution in [-0.2, 0) is 0 Å². The molecule has 3 rings (SSSR count). The molecule has 2 aliphatic rings. The molecular weight excluding hydrogens is 274 g/mol. The number of ether oxygens (including phenoxy) is 1. The fourth-order valence-corrected chi connectivity index (χ4v) is 3.92. The van der Waals surface area contributed by atoms with Gasteiger partial charge in [0.2, 0.25) is 0 Å². The van der Waals surface area contributed by atoms with Gasteiger partial charge < -0.3 is 9.64 Å². The smallest absolute Gasteiger partial charge is 0.258 e. The van der Waals surface area contributed by atoms with Crippen molar-refractivity contribution < 1.29 is 9.53 Å². The lowest BCUT2D eigenvalue weighted by Crippen LogP contribution is -2.47. The predicted molar refractivity (Wildman–Crippen MR) is 79.5 cm³/mol. The molecular formula is C16H20ClNO2. The minimum absolute atomic E-state index is 0.102. The average Bonchev–Trinajstić information content (AvgIpc) is 2.71. The van der Waals surface area contributed by atoms with Crippen LogP contribution in [0.2, 0.25) is 0 Å². The van der Waals surface area contributed by atoms with Crippen LogP contribution < -0.4 is 4.74 Å². The number of nitrogens with zero attached hydrogens (tertiary/aromatic N) is 1. The summed E-state index contributed by atoms with van der Waals surface area (Å²) in [6.45, 7) is 2.50. The number of piperidine rings is 1. The summed E-state index contributed by atoms with van der Waals surface area (Å²) >= 11 is 6.28. The largest absolute Gasteiger partial charge is 0.493 e. The molecule has 2 saturated heterocycles. The third kappa shape index (κ3) is 2.39. The first-order valence-electron chi connectivity index (χ1n) is 7.39. The summed E-state index contributed by atoms with van der Waals surface area (Å²) in [7, 11) is 0. The zero-order chi connectivity index (χ0) is 14.1. The van der Waals surface area contributed by atoms with E-state index in [-0.39, 0.29) is 11.3 Å². The second-order valence-corrected chi connectivity index (χ2v) is 6.21. The molecule has 0 saturated carbocycles. The Morgan fingerprint density at radius 3 is 2.60 bits per heavy atom. The van der Waals surface area contributed by atoms with Gasteiger partial charge in [0.05, 0.1) is 12.2 Å². The van der Waals surface area contributed by atoms with E-state index < -0.39 is 0 Å². The number of para-hydroxylation sites is 1. The first-order chi connectivity index (χ1) is 9.70. The van der Waals surface area contributed by atoms with Crippen LogP contribution in [0.4, 0.5) is 0 Å². The van der Waals surface area contributed by atoms with Gasteiger partial charge in [0.1, 0.15) is 5.75 Å². The van der Waals surface area contributed by atoms with Gasteiger partial charge in [0, 0.05) is 17.5 Å². The van der Waals surface area contributed by atoms with Crippen molar-refractivity contribution in [3.05, 3.63) is 29.8 Å². The normalized spacial score (nSPS) is 28.5. The maximum absolute atomic E-state index is 12.9. The number of carbonyl (C=O) groups is 1. The molecule has 2 atom stereocenters. The van der Waals surface area contributed by atoms with Crippen molar-refractivity contribution in [2.75, 3.05) is 6.61 Å². The molecule has 0 N–H and O–H groups in total. The molecule has 2 bridgehead atoms. The summed E-state index contributed by atoms with van der Waals surface area (Å²) in [6, 6.07) is 8.14. The van der Waals surface area contributed by atoms with E-state index in [1.165, 1.54) is 0 Å². The average molecular weight is 294 g/mol. The molecule has 0 aromatic heterocycles. The molecule has 2 heterocycles. The number of alkyl halides is 1. The predicted octanol–water partition coefficient (Wildman–Crippen LogP) is 3.46. The molecule has 108 valence electrons.